The number of hydrogen-bond acceptors (Lipinski definition) is 11. The van der Waals surface area contributed by atoms with Gasteiger partial charge >= 0.3 is 35.8 Å². The molecule has 7 N–H and O–H groups in total. The van der Waals surface area contributed by atoms with E-state index in [1.807, 2.05) is 0 Å². The topological polar surface area (TPSA) is 262 Å². The molecule has 0 saturated carbocycles. The summed E-state index contributed by atoms with van der Waals surface area (Å²) in [5.41, 5.74) is -7.36. The van der Waals surface area contributed by atoms with Crippen LogP contribution < -0.4 is 0 Å². The lowest BCUT2D eigenvalue weighted by molar-refractivity contribution is -0.176. The number of ether oxygens (including phenoxy) is 2. The molecule has 0 bridgehead atoms. The summed E-state index contributed by atoms with van der Waals surface area (Å²) >= 11 is 0. The molecule has 15 nitrogen and oxygen atoms in total. The summed E-state index contributed by atoms with van der Waals surface area (Å²) in [5, 5.41) is 64.7. The fourth-order valence-corrected chi connectivity index (χ4v) is 2.42. The summed E-state index contributed by atoms with van der Waals surface area (Å²) in [4.78, 5) is 67.5. The minimum absolute atomic E-state index is 0.000703. The van der Waals surface area contributed by atoms with Crippen molar-refractivity contribution in [1.29, 1.82) is 0 Å². The monoisotopic (exact) mass is 482 g/mol. The van der Waals surface area contributed by atoms with Crippen LogP contribution in [0.2, 0.25) is 0 Å². The molecule has 0 aromatic heterocycles. The highest BCUT2D eigenvalue weighted by atomic mass is 16.6. The lowest BCUT2D eigenvalue weighted by atomic mass is 9.88. The van der Waals surface area contributed by atoms with Crippen LogP contribution in [0.15, 0.2) is 0 Å². The molecule has 0 spiro atoms. The Hall–Kier alpha value is -3.30. The number of hydrogen-bond donors (Lipinski definition) is 7. The highest BCUT2D eigenvalue weighted by Gasteiger charge is 2.43. The highest BCUT2D eigenvalue weighted by Crippen LogP contribution is 2.25. The summed E-state index contributed by atoms with van der Waals surface area (Å²) in [7, 11) is 0. The van der Waals surface area contributed by atoms with Gasteiger partial charge in [0.15, 0.2) is 11.2 Å². The van der Waals surface area contributed by atoms with E-state index in [1.54, 1.807) is 0 Å². The zero-order valence-electron chi connectivity index (χ0n) is 17.6. The lowest BCUT2D eigenvalue weighted by Gasteiger charge is -2.30. The SMILES string of the molecule is CCC(CO)(COC(=O)CC(O)(CC(=O)O)C(=O)O)COC(=O)CC(O)(CC(=O)O)C(=O)O. The Bertz CT molecular complexity index is 711. The van der Waals surface area contributed by atoms with Crippen molar-refractivity contribution in [2.75, 3.05) is 19.8 Å². The fraction of sp³-hybridized carbons (Fsp3) is 0.667. The van der Waals surface area contributed by atoms with Gasteiger partial charge in [-0.2, -0.15) is 0 Å². The van der Waals surface area contributed by atoms with E-state index in [4.69, 9.17) is 29.9 Å². The first-order valence-corrected chi connectivity index (χ1v) is 9.32. The number of esters is 2. The van der Waals surface area contributed by atoms with Gasteiger partial charge in [-0.1, -0.05) is 6.92 Å². The van der Waals surface area contributed by atoms with Crippen molar-refractivity contribution >= 4 is 35.8 Å². The predicted octanol–water partition coefficient (Wildman–Crippen LogP) is -2.18. The summed E-state index contributed by atoms with van der Waals surface area (Å²) in [6.07, 6.45) is -5.06. The largest absolute Gasteiger partial charge is 0.481 e. The number of aliphatic hydroxyl groups is 3. The number of rotatable bonds is 16. The van der Waals surface area contributed by atoms with Crippen molar-refractivity contribution in [3.63, 3.8) is 0 Å². The van der Waals surface area contributed by atoms with Gasteiger partial charge in [0.05, 0.1) is 37.7 Å². The molecule has 33 heavy (non-hydrogen) atoms. The second-order valence-electron chi connectivity index (χ2n) is 7.50. The van der Waals surface area contributed by atoms with Crippen molar-refractivity contribution in [1.82, 2.24) is 0 Å². The maximum atomic E-state index is 11.9. The minimum atomic E-state index is -2.95. The van der Waals surface area contributed by atoms with Gasteiger partial charge in [0.1, 0.15) is 13.2 Å². The second-order valence-corrected chi connectivity index (χ2v) is 7.50. The Morgan fingerprint density at radius 3 is 1.21 bits per heavy atom. The number of carbonyl (C=O) groups is 6. The van der Waals surface area contributed by atoms with E-state index in [-0.39, 0.29) is 6.42 Å². The smallest absolute Gasteiger partial charge is 0.336 e. The molecule has 0 saturated heterocycles. The van der Waals surface area contributed by atoms with Gasteiger partial charge in [-0.15, -0.1) is 0 Å². The third-order valence-electron chi connectivity index (χ3n) is 4.72. The zero-order valence-corrected chi connectivity index (χ0v) is 17.6. The van der Waals surface area contributed by atoms with E-state index < -0.39 is 97.9 Å². The molecular formula is C18H26O15. The van der Waals surface area contributed by atoms with Crippen LogP contribution >= 0.6 is 0 Å². The van der Waals surface area contributed by atoms with E-state index >= 15 is 0 Å². The summed E-state index contributed by atoms with van der Waals surface area (Å²) in [6.45, 7) is -0.616. The van der Waals surface area contributed by atoms with Crippen LogP contribution in [0.4, 0.5) is 0 Å². The second kappa shape index (κ2) is 12.1. The Balaban J connectivity index is 5.16. The molecule has 0 aromatic rings. The number of carboxylic acid groups (broad SMARTS) is 4. The normalized spacial score (nSPS) is 16.4. The molecule has 0 aromatic carbocycles. The molecule has 0 aliphatic heterocycles. The van der Waals surface area contributed by atoms with Crippen LogP contribution in [0.25, 0.3) is 0 Å². The number of carboxylic acids is 4. The minimum Gasteiger partial charge on any atom is -0.481 e. The van der Waals surface area contributed by atoms with E-state index in [0.29, 0.717) is 0 Å². The molecule has 0 aliphatic carbocycles. The number of carbonyl (C=O) groups excluding carboxylic acids is 2. The van der Waals surface area contributed by atoms with Crippen molar-refractivity contribution in [3.05, 3.63) is 0 Å². The van der Waals surface area contributed by atoms with E-state index in [1.165, 1.54) is 6.92 Å². The van der Waals surface area contributed by atoms with Crippen LogP contribution in [-0.2, 0) is 38.2 Å². The first-order valence-electron chi connectivity index (χ1n) is 9.32. The maximum Gasteiger partial charge on any atom is 0.336 e. The van der Waals surface area contributed by atoms with Crippen LogP contribution in [-0.4, -0.2) is 103 Å². The maximum absolute atomic E-state index is 11.9. The standard InChI is InChI=1S/C18H26O15/c1-2-16(7-19,8-32-12(24)5-17(30,14(26)27)3-10(20)21)9-33-13(25)6-18(31,15(28)29)4-11(22)23/h19,30-31H,2-9H2,1H3,(H,20,21)(H,22,23)(H,26,27)(H,28,29). The summed E-state index contributed by atoms with van der Waals surface area (Å²) < 4.78 is 9.63. The van der Waals surface area contributed by atoms with E-state index in [9.17, 15) is 44.1 Å². The van der Waals surface area contributed by atoms with Crippen LogP contribution in [0, 0.1) is 5.41 Å². The Morgan fingerprint density at radius 2 is 1.00 bits per heavy atom. The van der Waals surface area contributed by atoms with E-state index in [0.717, 1.165) is 0 Å². The average Bonchev–Trinajstić information content (AvgIpc) is 2.67. The molecule has 0 radical (unpaired) electrons. The Labute approximate surface area is 186 Å². The first-order chi connectivity index (χ1) is 15.0. The molecule has 0 fully saturated rings. The molecule has 2 atom stereocenters. The third-order valence-corrected chi connectivity index (χ3v) is 4.72. The molecule has 15 heteroatoms. The molecule has 2 unspecified atom stereocenters. The zero-order chi connectivity index (χ0) is 26.0. The fourth-order valence-electron chi connectivity index (χ4n) is 2.42. The highest BCUT2D eigenvalue weighted by molar-refractivity contribution is 5.89. The molecule has 188 valence electrons. The van der Waals surface area contributed by atoms with Crippen LogP contribution in [0.1, 0.15) is 39.0 Å². The number of aliphatic hydroxyl groups excluding tert-OH is 1. The molecule has 0 amide bonds. The lowest BCUT2D eigenvalue weighted by Crippen LogP contribution is -2.45. The van der Waals surface area contributed by atoms with Crippen molar-refractivity contribution < 1.29 is 74.0 Å². The first kappa shape index (κ1) is 29.7. The summed E-state index contributed by atoms with van der Waals surface area (Å²) in [5.74, 6) is -10.0. The molecule has 0 aliphatic rings. The van der Waals surface area contributed by atoms with Gasteiger partial charge in [0.25, 0.3) is 0 Å². The van der Waals surface area contributed by atoms with Gasteiger partial charge in [-0.05, 0) is 6.42 Å². The van der Waals surface area contributed by atoms with Gasteiger partial charge in [0.2, 0.25) is 0 Å². The van der Waals surface area contributed by atoms with Crippen LogP contribution in [0.3, 0.4) is 0 Å². The van der Waals surface area contributed by atoms with Crippen molar-refractivity contribution in [2.45, 2.75) is 50.2 Å². The van der Waals surface area contributed by atoms with Gasteiger partial charge in [0, 0.05) is 0 Å². The van der Waals surface area contributed by atoms with Crippen molar-refractivity contribution in [3.8, 4) is 0 Å². The third kappa shape index (κ3) is 9.38. The molecule has 0 rings (SSSR count). The predicted molar refractivity (Wildman–Crippen MR) is 101 cm³/mol. The number of aliphatic carboxylic acids is 4. The van der Waals surface area contributed by atoms with Gasteiger partial charge < -0.3 is 45.2 Å². The van der Waals surface area contributed by atoms with Crippen LogP contribution in [0.5, 0.6) is 0 Å². The average molecular weight is 482 g/mol. The Kier molecular flexibility index (Phi) is 10.9. The quantitative estimate of drug-likeness (QED) is 0.115. The van der Waals surface area contributed by atoms with E-state index in [2.05, 4.69) is 0 Å². The molecular weight excluding hydrogens is 456 g/mol. The van der Waals surface area contributed by atoms with Gasteiger partial charge in [-0.3, -0.25) is 19.2 Å². The Morgan fingerprint density at radius 1 is 0.667 bits per heavy atom. The molecule has 0 heterocycles. The van der Waals surface area contributed by atoms with Crippen molar-refractivity contribution in [2.24, 2.45) is 5.41 Å². The summed E-state index contributed by atoms with van der Waals surface area (Å²) in [6, 6.07) is 0. The van der Waals surface area contributed by atoms with Gasteiger partial charge in [-0.25, -0.2) is 9.59 Å².